The maximum atomic E-state index is 12.3. The molecule has 1 N–H and O–H groups in total. The molecule has 3 aromatic rings. The van der Waals surface area contributed by atoms with Gasteiger partial charge in [-0.15, -0.1) is 10.2 Å². The fraction of sp³-hybridized carbons (Fsp3) is 0.227. The van der Waals surface area contributed by atoms with Gasteiger partial charge in [-0.3, -0.25) is 4.79 Å². The number of halogens is 1. The number of carbonyl (C=O) groups is 1. The predicted molar refractivity (Wildman–Crippen MR) is 117 cm³/mol. The average Bonchev–Trinajstić information content (AvgIpc) is 2.75. The van der Waals surface area contributed by atoms with Crippen LogP contribution < -0.4 is 10.2 Å². The lowest BCUT2D eigenvalue weighted by Crippen LogP contribution is -2.44. The Balaban J connectivity index is 1.41. The Labute approximate surface area is 175 Å². The molecule has 0 saturated carbocycles. The van der Waals surface area contributed by atoms with Crippen LogP contribution in [0.4, 0.5) is 11.5 Å². The van der Waals surface area contributed by atoms with Crippen molar-refractivity contribution in [3.8, 4) is 11.3 Å². The number of likely N-dealkylation sites (N-methyl/N-ethyl adjacent to an activating group) is 1. The molecule has 29 heavy (non-hydrogen) atoms. The Hall–Kier alpha value is -2.96. The van der Waals surface area contributed by atoms with E-state index in [0.717, 1.165) is 48.9 Å². The lowest BCUT2D eigenvalue weighted by atomic mass is 10.1. The van der Waals surface area contributed by atoms with Crippen molar-refractivity contribution in [2.75, 3.05) is 43.4 Å². The number of hydrogen-bond acceptors (Lipinski definition) is 5. The van der Waals surface area contributed by atoms with Crippen molar-refractivity contribution in [2.45, 2.75) is 0 Å². The summed E-state index contributed by atoms with van der Waals surface area (Å²) in [6.07, 6.45) is 0. The molecule has 0 spiro atoms. The zero-order valence-electron chi connectivity index (χ0n) is 16.2. The summed E-state index contributed by atoms with van der Waals surface area (Å²) in [6.45, 7) is 4.00. The van der Waals surface area contributed by atoms with Crippen LogP contribution in [0.25, 0.3) is 11.3 Å². The summed E-state index contributed by atoms with van der Waals surface area (Å²) in [5.41, 5.74) is 3.03. The highest BCUT2D eigenvalue weighted by Gasteiger charge is 2.15. The van der Waals surface area contributed by atoms with Crippen molar-refractivity contribution in [1.29, 1.82) is 0 Å². The van der Waals surface area contributed by atoms with E-state index in [1.54, 1.807) is 24.3 Å². The third kappa shape index (κ3) is 4.72. The molecule has 0 aliphatic carbocycles. The number of amides is 1. The molecule has 1 fully saturated rings. The molecule has 1 saturated heterocycles. The van der Waals surface area contributed by atoms with E-state index in [9.17, 15) is 4.79 Å². The summed E-state index contributed by atoms with van der Waals surface area (Å²) in [5.74, 6) is 0.736. The van der Waals surface area contributed by atoms with Gasteiger partial charge in [-0.25, -0.2) is 0 Å². The summed E-state index contributed by atoms with van der Waals surface area (Å²) in [5, 5.41) is 12.3. The maximum absolute atomic E-state index is 12.3. The van der Waals surface area contributed by atoms with Gasteiger partial charge in [-0.05, 0) is 55.6 Å². The second-order valence-corrected chi connectivity index (χ2v) is 7.54. The molecule has 148 valence electrons. The number of rotatable bonds is 4. The summed E-state index contributed by atoms with van der Waals surface area (Å²) in [6, 6.07) is 18.4. The van der Waals surface area contributed by atoms with Crippen molar-refractivity contribution in [3.05, 3.63) is 71.2 Å². The van der Waals surface area contributed by atoms with Gasteiger partial charge >= 0.3 is 0 Å². The Morgan fingerprint density at radius 1 is 0.897 bits per heavy atom. The number of nitrogens with zero attached hydrogens (tertiary/aromatic N) is 4. The molecule has 0 unspecified atom stereocenters. The molecule has 0 bridgehead atoms. The van der Waals surface area contributed by atoms with Gasteiger partial charge in [0, 0.05) is 48.0 Å². The highest BCUT2D eigenvalue weighted by atomic mass is 35.5. The first-order valence-corrected chi connectivity index (χ1v) is 9.91. The minimum atomic E-state index is -0.175. The van der Waals surface area contributed by atoms with E-state index in [1.165, 1.54) is 0 Å². The molecule has 6 nitrogen and oxygen atoms in total. The lowest BCUT2D eigenvalue weighted by Gasteiger charge is -2.32. The zero-order valence-corrected chi connectivity index (χ0v) is 16.9. The van der Waals surface area contributed by atoms with Crippen molar-refractivity contribution in [3.63, 3.8) is 0 Å². The fourth-order valence-corrected chi connectivity index (χ4v) is 3.34. The van der Waals surface area contributed by atoms with Gasteiger partial charge in [0.05, 0.1) is 5.69 Å². The zero-order chi connectivity index (χ0) is 20.2. The molecular formula is C22H22ClN5O. The first-order valence-electron chi connectivity index (χ1n) is 9.53. The molecule has 2 heterocycles. The van der Waals surface area contributed by atoms with E-state index < -0.39 is 0 Å². The number of aromatic nitrogens is 2. The van der Waals surface area contributed by atoms with Crippen LogP contribution in [0.2, 0.25) is 5.02 Å². The van der Waals surface area contributed by atoms with Gasteiger partial charge in [-0.1, -0.05) is 23.7 Å². The van der Waals surface area contributed by atoms with Crippen LogP contribution in [-0.4, -0.2) is 54.2 Å². The molecule has 4 rings (SSSR count). The number of piperazine rings is 1. The summed E-state index contributed by atoms with van der Waals surface area (Å²) in [4.78, 5) is 16.9. The van der Waals surface area contributed by atoms with Gasteiger partial charge in [0.2, 0.25) is 0 Å². The van der Waals surface area contributed by atoms with Crippen LogP contribution in [0.3, 0.4) is 0 Å². The fourth-order valence-electron chi connectivity index (χ4n) is 3.21. The number of hydrogen-bond donors (Lipinski definition) is 1. The molecule has 1 aromatic heterocycles. The van der Waals surface area contributed by atoms with Gasteiger partial charge in [0.1, 0.15) is 0 Å². The maximum Gasteiger partial charge on any atom is 0.255 e. The highest BCUT2D eigenvalue weighted by molar-refractivity contribution is 6.30. The van der Waals surface area contributed by atoms with E-state index >= 15 is 0 Å². The molecular weight excluding hydrogens is 386 g/mol. The van der Waals surface area contributed by atoms with Crippen LogP contribution in [0.1, 0.15) is 10.4 Å². The van der Waals surface area contributed by atoms with Crippen LogP contribution in [0.5, 0.6) is 0 Å². The SMILES string of the molecule is CN1CCN(c2ccc(-c3ccc(NC(=O)c4ccc(Cl)cc4)cc3)nn2)CC1. The van der Waals surface area contributed by atoms with Gasteiger partial charge in [0.15, 0.2) is 5.82 Å². The highest BCUT2D eigenvalue weighted by Crippen LogP contribution is 2.22. The van der Waals surface area contributed by atoms with Crippen LogP contribution in [0, 0.1) is 0 Å². The van der Waals surface area contributed by atoms with Crippen molar-refractivity contribution in [2.24, 2.45) is 0 Å². The van der Waals surface area contributed by atoms with E-state index in [0.29, 0.717) is 10.6 Å². The first kappa shape index (κ1) is 19.4. The van der Waals surface area contributed by atoms with Crippen LogP contribution in [-0.2, 0) is 0 Å². The number of benzene rings is 2. The molecule has 2 aromatic carbocycles. The van der Waals surface area contributed by atoms with Gasteiger partial charge in [0.25, 0.3) is 5.91 Å². The van der Waals surface area contributed by atoms with E-state index in [2.05, 4.69) is 32.4 Å². The lowest BCUT2D eigenvalue weighted by molar-refractivity contribution is 0.102. The third-order valence-electron chi connectivity index (χ3n) is 5.02. The topological polar surface area (TPSA) is 61.4 Å². The van der Waals surface area contributed by atoms with Crippen molar-refractivity contribution >= 4 is 29.0 Å². The molecule has 1 aliphatic heterocycles. The molecule has 1 aliphatic rings. The summed E-state index contributed by atoms with van der Waals surface area (Å²) < 4.78 is 0. The largest absolute Gasteiger partial charge is 0.353 e. The Morgan fingerprint density at radius 2 is 1.59 bits per heavy atom. The number of anilines is 2. The monoisotopic (exact) mass is 407 g/mol. The second-order valence-electron chi connectivity index (χ2n) is 7.11. The molecule has 0 atom stereocenters. The predicted octanol–water partition coefficient (Wildman–Crippen LogP) is 3.80. The van der Waals surface area contributed by atoms with Crippen molar-refractivity contribution < 1.29 is 4.79 Å². The van der Waals surface area contributed by atoms with Crippen LogP contribution >= 0.6 is 11.6 Å². The summed E-state index contributed by atoms with van der Waals surface area (Å²) >= 11 is 5.86. The van der Waals surface area contributed by atoms with Crippen LogP contribution in [0.15, 0.2) is 60.7 Å². The molecule has 0 radical (unpaired) electrons. The number of carbonyl (C=O) groups excluding carboxylic acids is 1. The Kier molecular flexibility index (Phi) is 5.74. The molecule has 7 heteroatoms. The van der Waals surface area contributed by atoms with Crippen molar-refractivity contribution in [1.82, 2.24) is 15.1 Å². The average molecular weight is 408 g/mol. The normalized spacial score (nSPS) is 14.6. The summed E-state index contributed by atoms with van der Waals surface area (Å²) in [7, 11) is 2.13. The van der Waals surface area contributed by atoms with E-state index in [4.69, 9.17) is 11.6 Å². The minimum Gasteiger partial charge on any atom is -0.353 e. The Bertz CT molecular complexity index is 966. The Morgan fingerprint density at radius 3 is 2.21 bits per heavy atom. The first-order chi connectivity index (χ1) is 14.1. The smallest absolute Gasteiger partial charge is 0.255 e. The van der Waals surface area contributed by atoms with E-state index in [-0.39, 0.29) is 5.91 Å². The quantitative estimate of drug-likeness (QED) is 0.712. The van der Waals surface area contributed by atoms with E-state index in [1.807, 2.05) is 36.4 Å². The third-order valence-corrected chi connectivity index (χ3v) is 5.27. The standard InChI is InChI=1S/C22H22ClN5O/c1-27-12-14-28(15-13-27)21-11-10-20(25-26-21)16-4-8-19(9-5-16)24-22(29)17-2-6-18(23)7-3-17/h2-11H,12-15H2,1H3,(H,24,29). The number of nitrogens with one attached hydrogen (secondary N) is 1. The van der Waals surface area contributed by atoms with Gasteiger partial charge in [-0.2, -0.15) is 0 Å². The minimum absolute atomic E-state index is 0.175. The molecule has 1 amide bonds. The van der Waals surface area contributed by atoms with Gasteiger partial charge < -0.3 is 15.1 Å². The second kappa shape index (κ2) is 8.59.